The van der Waals surface area contributed by atoms with Gasteiger partial charge in [-0.05, 0) is 20.9 Å². The van der Waals surface area contributed by atoms with Gasteiger partial charge in [0, 0.05) is 5.56 Å². The molecule has 0 spiro atoms. The van der Waals surface area contributed by atoms with Crippen LogP contribution in [0.1, 0.15) is 28.1 Å². The summed E-state index contributed by atoms with van der Waals surface area (Å²) in [5, 5.41) is 159. The molecule has 40 heavy (non-hydrogen) atoms. The van der Waals surface area contributed by atoms with Crippen molar-refractivity contribution in [3.05, 3.63) is 38.4 Å². The first-order valence-electron chi connectivity index (χ1n) is 10.9. The number of nitrogens with zero attached hydrogens (tertiary/aromatic N) is 2. The minimum atomic E-state index is -4.74. The Bertz CT molecular complexity index is 1650. The fraction of sp³-hybridized carbons (Fsp3) is 0.381. The van der Waals surface area contributed by atoms with Crippen LogP contribution in [0, 0.1) is 13.8 Å². The van der Waals surface area contributed by atoms with Crippen LogP contribution < -0.4 is 5.56 Å². The number of rotatable bonds is 3. The topological polar surface area (TPSA) is 344 Å². The second-order valence-electron chi connectivity index (χ2n) is 9.41. The Hall–Kier alpha value is -3.73. The summed E-state index contributed by atoms with van der Waals surface area (Å²) in [6.07, 6.45) is 0. The highest BCUT2D eigenvalue weighted by molar-refractivity contribution is 5.99. The van der Waals surface area contributed by atoms with Crippen LogP contribution in [0.15, 0.2) is 4.79 Å². The first-order valence-corrected chi connectivity index (χ1v) is 10.9. The zero-order valence-corrected chi connectivity index (χ0v) is 20.5. The molecular formula is C21H25N3O16. The van der Waals surface area contributed by atoms with Crippen LogP contribution >= 0.6 is 0 Å². The van der Waals surface area contributed by atoms with Gasteiger partial charge in [-0.15, -0.1) is 0 Å². The Morgan fingerprint density at radius 1 is 0.775 bits per heavy atom. The number of aromatic hydroxyl groups is 5. The average Bonchev–Trinajstić information content (AvgIpc) is 3.22. The lowest BCUT2D eigenvalue weighted by atomic mass is 9.91. The van der Waals surface area contributed by atoms with Crippen LogP contribution in [-0.4, -0.2) is 104 Å². The Labute approximate surface area is 220 Å². The molecule has 2 aromatic heterocycles. The molecule has 220 valence electrons. The molecule has 0 saturated heterocycles. The SMILES string of the molecule is Cc1[nH]c(=O)c(C(O)(O)C(O)(O)n2c3c(c4c(O)c(C)c(O)c(O)c42)C(O)(O)N(C)C(O)(O)C3(O)O)c(O)c1O. The monoisotopic (exact) mass is 575 g/mol. The van der Waals surface area contributed by atoms with Gasteiger partial charge in [0.15, 0.2) is 23.0 Å². The highest BCUT2D eigenvalue weighted by atomic mass is 16.6. The first kappa shape index (κ1) is 29.3. The molecule has 19 heteroatoms. The number of pyridine rings is 1. The van der Waals surface area contributed by atoms with Gasteiger partial charge in [-0.25, -0.2) is 0 Å². The smallest absolute Gasteiger partial charge is 0.313 e. The number of aliphatic hydroxyl groups is 10. The van der Waals surface area contributed by atoms with Crippen molar-refractivity contribution in [3.8, 4) is 28.7 Å². The number of phenolic OH excluding ortho intramolecular Hbond substituents is 3. The normalized spacial score (nSPS) is 18.7. The third kappa shape index (κ3) is 3.12. The van der Waals surface area contributed by atoms with Crippen molar-refractivity contribution in [2.75, 3.05) is 7.05 Å². The van der Waals surface area contributed by atoms with E-state index < -0.39 is 107 Å². The zero-order chi connectivity index (χ0) is 30.9. The van der Waals surface area contributed by atoms with Crippen LogP contribution in [-0.2, 0) is 23.4 Å². The number of fused-ring (bicyclic) bond motifs is 3. The third-order valence-electron chi connectivity index (χ3n) is 7.11. The molecule has 1 aromatic carbocycles. The number of hydrogen-bond donors (Lipinski definition) is 16. The minimum Gasteiger partial charge on any atom is -0.507 e. The van der Waals surface area contributed by atoms with Gasteiger partial charge in [0.1, 0.15) is 22.5 Å². The molecule has 0 fully saturated rings. The predicted octanol–water partition coefficient (Wildman–Crippen LogP) is -5.28. The molecule has 16 N–H and O–H groups in total. The lowest BCUT2D eigenvalue weighted by Gasteiger charge is -2.51. The number of hydrogen-bond acceptors (Lipinski definition) is 17. The van der Waals surface area contributed by atoms with E-state index in [4.69, 9.17) is 0 Å². The number of likely N-dealkylation sites (N-methyl/N-ethyl adjacent to an activating group) is 1. The average molecular weight is 575 g/mol. The molecule has 0 unspecified atom stereocenters. The molecule has 4 rings (SSSR count). The van der Waals surface area contributed by atoms with Gasteiger partial charge in [0.05, 0.1) is 16.6 Å². The Kier molecular flexibility index (Phi) is 5.80. The van der Waals surface area contributed by atoms with E-state index in [1.54, 1.807) is 0 Å². The van der Waals surface area contributed by atoms with Gasteiger partial charge >= 0.3 is 5.91 Å². The fourth-order valence-electron chi connectivity index (χ4n) is 4.71. The number of H-pyrrole nitrogens is 1. The molecule has 1 aliphatic rings. The Morgan fingerprint density at radius 2 is 1.30 bits per heavy atom. The molecular weight excluding hydrogens is 550 g/mol. The highest BCUT2D eigenvalue weighted by Crippen LogP contribution is 2.57. The van der Waals surface area contributed by atoms with Gasteiger partial charge in [-0.1, -0.05) is 0 Å². The van der Waals surface area contributed by atoms with Crippen molar-refractivity contribution in [1.29, 1.82) is 0 Å². The van der Waals surface area contributed by atoms with E-state index in [1.165, 1.54) is 0 Å². The summed E-state index contributed by atoms with van der Waals surface area (Å²) in [7, 11) is 0.498. The summed E-state index contributed by atoms with van der Waals surface area (Å²) >= 11 is 0. The van der Waals surface area contributed by atoms with Gasteiger partial charge < -0.3 is 81.6 Å². The van der Waals surface area contributed by atoms with Crippen LogP contribution in [0.4, 0.5) is 0 Å². The molecule has 0 saturated carbocycles. The van der Waals surface area contributed by atoms with Crippen molar-refractivity contribution < 1.29 is 76.6 Å². The van der Waals surface area contributed by atoms with Crippen LogP contribution in [0.25, 0.3) is 10.9 Å². The van der Waals surface area contributed by atoms with E-state index >= 15 is 0 Å². The highest BCUT2D eigenvalue weighted by Gasteiger charge is 2.69. The van der Waals surface area contributed by atoms with Crippen molar-refractivity contribution in [1.82, 2.24) is 14.5 Å². The van der Waals surface area contributed by atoms with E-state index in [2.05, 4.69) is 0 Å². The number of aryl methyl sites for hydroxylation is 1. The van der Waals surface area contributed by atoms with Crippen molar-refractivity contribution in [3.63, 3.8) is 0 Å². The summed E-state index contributed by atoms with van der Waals surface area (Å²) in [4.78, 5) is 14.1. The van der Waals surface area contributed by atoms with Gasteiger partial charge in [0.25, 0.3) is 29.0 Å². The quantitative estimate of drug-likeness (QED) is 0.0787. The van der Waals surface area contributed by atoms with Gasteiger partial charge in [0.2, 0.25) is 0 Å². The maximum absolute atomic E-state index is 12.6. The molecule has 0 radical (unpaired) electrons. The van der Waals surface area contributed by atoms with E-state index in [0.29, 0.717) is 7.05 Å². The first-order chi connectivity index (χ1) is 17.9. The maximum atomic E-state index is 12.6. The summed E-state index contributed by atoms with van der Waals surface area (Å²) < 4.78 is -0.600. The second kappa shape index (κ2) is 7.93. The number of aromatic amines is 1. The third-order valence-corrected chi connectivity index (χ3v) is 7.11. The van der Waals surface area contributed by atoms with Crippen molar-refractivity contribution >= 4 is 10.9 Å². The summed E-state index contributed by atoms with van der Waals surface area (Å²) in [6.45, 7) is 1.99. The Morgan fingerprint density at radius 3 is 1.82 bits per heavy atom. The molecule has 0 aliphatic carbocycles. The predicted molar refractivity (Wildman–Crippen MR) is 122 cm³/mol. The van der Waals surface area contributed by atoms with Crippen LogP contribution in [0.5, 0.6) is 28.7 Å². The molecule has 19 nitrogen and oxygen atoms in total. The van der Waals surface area contributed by atoms with Crippen molar-refractivity contribution in [2.24, 2.45) is 0 Å². The van der Waals surface area contributed by atoms with E-state index in [-0.39, 0.29) is 4.90 Å². The molecule has 3 aromatic rings. The van der Waals surface area contributed by atoms with E-state index in [0.717, 1.165) is 13.8 Å². The lowest BCUT2D eigenvalue weighted by molar-refractivity contribution is -0.487. The maximum Gasteiger partial charge on any atom is 0.313 e. The number of phenols is 3. The molecule has 0 atom stereocenters. The summed E-state index contributed by atoms with van der Waals surface area (Å²) in [6, 6.07) is 0. The largest absolute Gasteiger partial charge is 0.507 e. The number of benzene rings is 1. The van der Waals surface area contributed by atoms with Crippen LogP contribution in [0.3, 0.4) is 0 Å². The van der Waals surface area contributed by atoms with Crippen molar-refractivity contribution in [2.45, 2.75) is 43.2 Å². The zero-order valence-electron chi connectivity index (χ0n) is 20.5. The molecule has 3 heterocycles. The molecule has 1 aliphatic heterocycles. The summed E-state index contributed by atoms with van der Waals surface area (Å²) in [5.74, 6) is -28.6. The number of aromatic nitrogens is 2. The van der Waals surface area contributed by atoms with E-state index in [9.17, 15) is 81.4 Å². The van der Waals surface area contributed by atoms with Gasteiger partial charge in [-0.2, -0.15) is 4.90 Å². The Balaban J connectivity index is 2.33. The van der Waals surface area contributed by atoms with Gasteiger partial charge in [-0.3, -0.25) is 9.36 Å². The number of nitrogens with one attached hydrogen (secondary N) is 1. The molecule has 0 bridgehead atoms. The molecule has 0 amide bonds. The lowest BCUT2D eigenvalue weighted by Crippen LogP contribution is -2.72. The fourth-order valence-corrected chi connectivity index (χ4v) is 4.71. The van der Waals surface area contributed by atoms with Crippen LogP contribution in [0.2, 0.25) is 0 Å². The standard InChI is InChI=1S/C21H25N3O16/c1-4-10(25)6-7-15(18(33,34)20(37,38)23(3)19(7,35)36)24(9(6)14(29)11(4)26)21(39,40)17(31,32)8-13(28)12(27)5(2)22-16(8)30/h25-27,29,31-40H,1-3H3,(H2,22,28,30). The van der Waals surface area contributed by atoms with E-state index in [1.807, 2.05) is 4.98 Å². The second-order valence-corrected chi connectivity index (χ2v) is 9.41. The minimum absolute atomic E-state index is 0.305. The summed E-state index contributed by atoms with van der Waals surface area (Å²) in [5.41, 5.74) is -9.34.